The fourth-order valence-electron chi connectivity index (χ4n) is 1.38. The van der Waals surface area contributed by atoms with Crippen LogP contribution in [0.1, 0.15) is 33.6 Å². The SMILES string of the molecule is C=C(O[Si](C)(C)C(C)(C)C)[C@@H]1CCCS1. The van der Waals surface area contributed by atoms with Gasteiger partial charge in [0.25, 0.3) is 0 Å². The Morgan fingerprint density at radius 1 is 1.40 bits per heavy atom. The van der Waals surface area contributed by atoms with Crippen molar-refractivity contribution in [1.82, 2.24) is 0 Å². The monoisotopic (exact) mass is 244 g/mol. The fourth-order valence-corrected chi connectivity index (χ4v) is 3.75. The minimum atomic E-state index is -1.65. The largest absolute Gasteiger partial charge is 0.546 e. The third kappa shape index (κ3) is 3.28. The van der Waals surface area contributed by atoms with Gasteiger partial charge >= 0.3 is 0 Å². The summed E-state index contributed by atoms with van der Waals surface area (Å²) in [6.45, 7) is 15.5. The topological polar surface area (TPSA) is 9.23 Å². The summed E-state index contributed by atoms with van der Waals surface area (Å²) in [5.74, 6) is 2.30. The quantitative estimate of drug-likeness (QED) is 0.537. The minimum absolute atomic E-state index is 0.277. The van der Waals surface area contributed by atoms with Crippen molar-refractivity contribution in [2.24, 2.45) is 0 Å². The highest BCUT2D eigenvalue weighted by atomic mass is 32.2. The van der Waals surface area contributed by atoms with E-state index in [4.69, 9.17) is 4.43 Å². The standard InChI is InChI=1S/C12H24OSSi/c1-10(11-8-7-9-14-11)13-15(5,6)12(2,3)4/h11H,1,7-9H2,2-6H3/t11-/m0/s1. The number of thioether (sulfide) groups is 1. The van der Waals surface area contributed by atoms with Crippen LogP contribution in [0.25, 0.3) is 0 Å². The predicted molar refractivity (Wildman–Crippen MR) is 72.9 cm³/mol. The molecule has 1 rings (SSSR count). The second-order valence-electron chi connectivity index (χ2n) is 5.83. The lowest BCUT2D eigenvalue weighted by molar-refractivity contribution is 0.371. The maximum Gasteiger partial charge on any atom is 0.250 e. The van der Waals surface area contributed by atoms with E-state index in [2.05, 4.69) is 40.4 Å². The smallest absolute Gasteiger partial charge is 0.250 e. The van der Waals surface area contributed by atoms with Gasteiger partial charge in [-0.05, 0) is 36.7 Å². The van der Waals surface area contributed by atoms with Crippen molar-refractivity contribution in [3.63, 3.8) is 0 Å². The maximum absolute atomic E-state index is 6.21. The average Bonchev–Trinajstić information content (AvgIpc) is 2.51. The van der Waals surface area contributed by atoms with Crippen molar-refractivity contribution in [1.29, 1.82) is 0 Å². The first-order valence-electron chi connectivity index (χ1n) is 5.73. The van der Waals surface area contributed by atoms with Crippen molar-refractivity contribution in [3.8, 4) is 0 Å². The van der Waals surface area contributed by atoms with Crippen LogP contribution in [0.4, 0.5) is 0 Å². The number of rotatable bonds is 3. The molecule has 0 aromatic heterocycles. The van der Waals surface area contributed by atoms with Crippen molar-refractivity contribution in [2.75, 3.05) is 5.75 Å². The molecule has 0 aromatic rings. The summed E-state index contributed by atoms with van der Waals surface area (Å²) < 4.78 is 6.21. The van der Waals surface area contributed by atoms with Gasteiger partial charge in [0, 0.05) is 0 Å². The van der Waals surface area contributed by atoms with Gasteiger partial charge in [-0.1, -0.05) is 27.4 Å². The van der Waals surface area contributed by atoms with E-state index in [-0.39, 0.29) is 5.04 Å². The summed E-state index contributed by atoms with van der Waals surface area (Å²) in [5, 5.41) is 0.832. The van der Waals surface area contributed by atoms with Crippen LogP contribution < -0.4 is 0 Å². The summed E-state index contributed by atoms with van der Waals surface area (Å²) >= 11 is 2.00. The molecule has 1 aliphatic heterocycles. The van der Waals surface area contributed by atoms with Gasteiger partial charge < -0.3 is 4.43 Å². The zero-order chi connectivity index (χ0) is 11.7. The molecule has 15 heavy (non-hydrogen) atoms. The van der Waals surface area contributed by atoms with Gasteiger partial charge in [0.2, 0.25) is 8.32 Å². The second kappa shape index (κ2) is 4.54. The third-order valence-corrected chi connectivity index (χ3v) is 9.29. The average molecular weight is 244 g/mol. The molecule has 1 nitrogen and oxygen atoms in total. The van der Waals surface area contributed by atoms with Gasteiger partial charge in [-0.15, -0.1) is 0 Å². The van der Waals surface area contributed by atoms with Crippen LogP contribution in [0.2, 0.25) is 18.1 Å². The normalized spacial score (nSPS) is 22.9. The molecule has 0 saturated carbocycles. The molecule has 1 atom stereocenters. The summed E-state index contributed by atoms with van der Waals surface area (Å²) in [7, 11) is -1.65. The Kier molecular flexibility index (Phi) is 3.99. The van der Waals surface area contributed by atoms with Gasteiger partial charge in [-0.3, -0.25) is 0 Å². The van der Waals surface area contributed by atoms with Gasteiger partial charge in [0.1, 0.15) is 0 Å². The zero-order valence-electron chi connectivity index (χ0n) is 10.7. The molecule has 0 spiro atoms. The van der Waals surface area contributed by atoms with Crippen molar-refractivity contribution in [3.05, 3.63) is 12.3 Å². The van der Waals surface area contributed by atoms with E-state index in [1.54, 1.807) is 0 Å². The molecule has 1 aliphatic rings. The first-order valence-corrected chi connectivity index (χ1v) is 9.69. The van der Waals surface area contributed by atoms with Crippen LogP contribution in [-0.2, 0) is 4.43 Å². The van der Waals surface area contributed by atoms with Gasteiger partial charge in [0.05, 0.1) is 11.0 Å². The summed E-state index contributed by atoms with van der Waals surface area (Å²) in [6, 6.07) is 0. The van der Waals surface area contributed by atoms with E-state index >= 15 is 0 Å². The Morgan fingerprint density at radius 2 is 2.00 bits per heavy atom. The number of hydrogen-bond acceptors (Lipinski definition) is 2. The molecule has 0 aliphatic carbocycles. The molecule has 0 N–H and O–H groups in total. The fraction of sp³-hybridized carbons (Fsp3) is 0.833. The number of hydrogen-bond donors (Lipinski definition) is 0. The first-order chi connectivity index (χ1) is 6.74. The van der Waals surface area contributed by atoms with E-state index in [0.717, 1.165) is 5.76 Å². The van der Waals surface area contributed by atoms with Crippen LogP contribution in [0.3, 0.4) is 0 Å². The Labute approximate surface area is 99.8 Å². The predicted octanol–water partition coefficient (Wildman–Crippen LogP) is 4.42. The molecule has 0 radical (unpaired) electrons. The zero-order valence-corrected chi connectivity index (χ0v) is 12.5. The summed E-state index contributed by atoms with van der Waals surface area (Å²) in [6.07, 6.45) is 2.56. The van der Waals surface area contributed by atoms with E-state index in [9.17, 15) is 0 Å². The Hall–Kier alpha value is 0.107. The van der Waals surface area contributed by atoms with Crippen molar-refractivity contribution in [2.45, 2.75) is 57.0 Å². The molecule has 0 aromatic carbocycles. The molecular weight excluding hydrogens is 220 g/mol. The molecule has 3 heteroatoms. The lowest BCUT2D eigenvalue weighted by Crippen LogP contribution is -2.41. The molecule has 1 fully saturated rings. The minimum Gasteiger partial charge on any atom is -0.546 e. The lowest BCUT2D eigenvalue weighted by atomic mass is 10.2. The maximum atomic E-state index is 6.21. The molecule has 1 saturated heterocycles. The Morgan fingerprint density at radius 3 is 2.40 bits per heavy atom. The van der Waals surface area contributed by atoms with E-state index in [1.807, 2.05) is 11.8 Å². The van der Waals surface area contributed by atoms with Crippen molar-refractivity contribution < 1.29 is 4.43 Å². The van der Waals surface area contributed by atoms with E-state index in [1.165, 1.54) is 18.6 Å². The molecule has 0 bridgehead atoms. The second-order valence-corrected chi connectivity index (χ2v) is 11.9. The Balaban J connectivity index is 2.57. The van der Waals surface area contributed by atoms with Crippen LogP contribution in [0.15, 0.2) is 12.3 Å². The molecule has 0 unspecified atom stereocenters. The Bertz CT molecular complexity index is 236. The van der Waals surface area contributed by atoms with Crippen LogP contribution >= 0.6 is 11.8 Å². The molecular formula is C12H24OSSi. The highest BCUT2D eigenvalue weighted by Crippen LogP contribution is 2.40. The highest BCUT2D eigenvalue weighted by molar-refractivity contribution is 8.00. The van der Waals surface area contributed by atoms with Gasteiger partial charge in [-0.2, -0.15) is 11.8 Å². The van der Waals surface area contributed by atoms with Crippen LogP contribution in [0, 0.1) is 0 Å². The molecule has 88 valence electrons. The third-order valence-electron chi connectivity index (χ3n) is 3.48. The lowest BCUT2D eigenvalue weighted by Gasteiger charge is -2.38. The van der Waals surface area contributed by atoms with Crippen LogP contribution in [-0.4, -0.2) is 19.3 Å². The summed E-state index contributed by atoms with van der Waals surface area (Å²) in [5.41, 5.74) is 0. The van der Waals surface area contributed by atoms with Gasteiger partial charge in [-0.25, -0.2) is 0 Å². The van der Waals surface area contributed by atoms with Crippen LogP contribution in [0.5, 0.6) is 0 Å². The molecule has 0 amide bonds. The molecule has 1 heterocycles. The highest BCUT2D eigenvalue weighted by Gasteiger charge is 2.40. The van der Waals surface area contributed by atoms with Gasteiger partial charge in [0.15, 0.2) is 0 Å². The first kappa shape index (κ1) is 13.2. The summed E-state index contributed by atoms with van der Waals surface area (Å²) in [4.78, 5) is 0. The van der Waals surface area contributed by atoms with E-state index in [0.29, 0.717) is 5.25 Å². The van der Waals surface area contributed by atoms with E-state index < -0.39 is 8.32 Å². The van der Waals surface area contributed by atoms with Crippen molar-refractivity contribution >= 4 is 20.1 Å².